The van der Waals surface area contributed by atoms with Crippen LogP contribution in [0.1, 0.15) is 6.92 Å². The predicted molar refractivity (Wildman–Crippen MR) is 72.0 cm³/mol. The Morgan fingerprint density at radius 2 is 2.06 bits per heavy atom. The van der Waals surface area contributed by atoms with Gasteiger partial charge in [0.05, 0.1) is 12.2 Å². The number of amides is 1. The quantitative estimate of drug-likeness (QED) is 0.680. The Kier molecular flexibility index (Phi) is 5.67. The van der Waals surface area contributed by atoms with Crippen molar-refractivity contribution in [2.24, 2.45) is 0 Å². The Morgan fingerprint density at radius 1 is 1.39 bits per heavy atom. The molecule has 3 N–H and O–H groups in total. The number of para-hydroxylation sites is 1. The molecule has 0 radical (unpaired) electrons. The molecule has 0 spiro atoms. The minimum absolute atomic E-state index is 0.0316. The molecule has 0 aromatic heterocycles. The van der Waals surface area contributed by atoms with Crippen LogP contribution in [0.15, 0.2) is 29.2 Å². The van der Waals surface area contributed by atoms with Crippen LogP contribution in [0.4, 0.5) is 5.69 Å². The number of hydrogen-bond donors (Lipinski definition) is 3. The van der Waals surface area contributed by atoms with Crippen molar-refractivity contribution in [1.29, 1.82) is 0 Å². The van der Waals surface area contributed by atoms with Gasteiger partial charge >= 0.3 is 5.97 Å². The van der Waals surface area contributed by atoms with Crippen molar-refractivity contribution in [3.63, 3.8) is 0 Å². The number of hydrogen-bond acceptors (Lipinski definition) is 4. The van der Waals surface area contributed by atoms with Gasteiger partial charge in [0.2, 0.25) is 5.91 Å². The third kappa shape index (κ3) is 4.38. The smallest absolute Gasteiger partial charge is 0.320 e. The number of carbonyl (C=O) groups is 2. The molecule has 0 heterocycles. The molecule has 0 fully saturated rings. The van der Waals surface area contributed by atoms with Crippen LogP contribution in [0.2, 0.25) is 0 Å². The lowest BCUT2D eigenvalue weighted by Gasteiger charge is -2.11. The van der Waals surface area contributed by atoms with E-state index >= 15 is 0 Å². The third-order valence-corrected chi connectivity index (χ3v) is 3.12. The van der Waals surface area contributed by atoms with Gasteiger partial charge in [-0.15, -0.1) is 11.8 Å². The maximum Gasteiger partial charge on any atom is 0.320 e. The van der Waals surface area contributed by atoms with E-state index in [1.807, 2.05) is 30.5 Å². The van der Waals surface area contributed by atoms with E-state index in [2.05, 4.69) is 10.6 Å². The zero-order valence-electron chi connectivity index (χ0n) is 10.3. The summed E-state index contributed by atoms with van der Waals surface area (Å²) in [6.45, 7) is 1.46. The van der Waals surface area contributed by atoms with Crippen molar-refractivity contribution in [2.75, 3.05) is 18.1 Å². The Hall–Kier alpha value is -1.53. The van der Waals surface area contributed by atoms with E-state index < -0.39 is 12.0 Å². The molecule has 0 aliphatic carbocycles. The minimum atomic E-state index is -0.979. The second-order valence-corrected chi connectivity index (χ2v) is 4.54. The number of thioether (sulfide) groups is 1. The molecule has 1 aromatic rings. The van der Waals surface area contributed by atoms with Gasteiger partial charge in [0.1, 0.15) is 6.04 Å². The topological polar surface area (TPSA) is 78.4 Å². The fourth-order valence-corrected chi connectivity index (χ4v) is 1.83. The molecule has 18 heavy (non-hydrogen) atoms. The summed E-state index contributed by atoms with van der Waals surface area (Å²) >= 11 is 1.54. The van der Waals surface area contributed by atoms with Crippen LogP contribution >= 0.6 is 11.8 Å². The first-order valence-electron chi connectivity index (χ1n) is 5.43. The predicted octanol–water partition coefficient (Wildman–Crippen LogP) is 1.41. The maximum absolute atomic E-state index is 11.6. The van der Waals surface area contributed by atoms with Crippen molar-refractivity contribution < 1.29 is 14.7 Å². The number of aliphatic carboxylic acids is 1. The van der Waals surface area contributed by atoms with Crippen LogP contribution in [0.5, 0.6) is 0 Å². The van der Waals surface area contributed by atoms with Crippen LogP contribution in [-0.2, 0) is 9.59 Å². The van der Waals surface area contributed by atoms with Gasteiger partial charge in [-0.05, 0) is 25.3 Å². The van der Waals surface area contributed by atoms with Gasteiger partial charge in [-0.25, -0.2) is 0 Å². The summed E-state index contributed by atoms with van der Waals surface area (Å²) in [5.74, 6) is -1.24. The zero-order chi connectivity index (χ0) is 13.5. The average molecular weight is 268 g/mol. The average Bonchev–Trinajstić information content (AvgIpc) is 2.36. The van der Waals surface area contributed by atoms with Gasteiger partial charge in [-0.3, -0.25) is 14.9 Å². The highest BCUT2D eigenvalue weighted by Crippen LogP contribution is 2.24. The summed E-state index contributed by atoms with van der Waals surface area (Å²) in [6, 6.07) is 6.71. The Bertz CT molecular complexity index is 437. The summed E-state index contributed by atoms with van der Waals surface area (Å²) in [5, 5.41) is 14.0. The van der Waals surface area contributed by atoms with Crippen molar-refractivity contribution in [3.8, 4) is 0 Å². The first kappa shape index (κ1) is 14.5. The van der Waals surface area contributed by atoms with Gasteiger partial charge in [0.15, 0.2) is 0 Å². The van der Waals surface area contributed by atoms with Crippen LogP contribution in [-0.4, -0.2) is 35.8 Å². The first-order valence-corrected chi connectivity index (χ1v) is 6.66. The minimum Gasteiger partial charge on any atom is -0.480 e. The second-order valence-electron chi connectivity index (χ2n) is 3.69. The van der Waals surface area contributed by atoms with E-state index in [0.29, 0.717) is 0 Å². The summed E-state index contributed by atoms with van der Waals surface area (Å²) in [4.78, 5) is 23.2. The Balaban J connectivity index is 2.52. The van der Waals surface area contributed by atoms with E-state index in [1.165, 1.54) is 18.7 Å². The van der Waals surface area contributed by atoms with Gasteiger partial charge in [0.25, 0.3) is 0 Å². The van der Waals surface area contributed by atoms with E-state index in [-0.39, 0.29) is 12.5 Å². The standard InChI is InChI=1S/C12H16N2O3S/c1-8(12(16)17)13-7-11(15)14-9-5-3-4-6-10(9)18-2/h3-6,8,13H,7H2,1-2H3,(H,14,15)(H,16,17)/t8-/m0/s1. The molecule has 5 nitrogen and oxygen atoms in total. The fourth-order valence-electron chi connectivity index (χ4n) is 1.28. The molecular formula is C12H16N2O3S. The van der Waals surface area contributed by atoms with E-state index in [1.54, 1.807) is 0 Å². The van der Waals surface area contributed by atoms with Crippen molar-refractivity contribution in [1.82, 2.24) is 5.32 Å². The number of carboxylic acids is 1. The highest BCUT2D eigenvalue weighted by Gasteiger charge is 2.12. The van der Waals surface area contributed by atoms with Crippen LogP contribution < -0.4 is 10.6 Å². The molecule has 0 saturated heterocycles. The number of benzene rings is 1. The lowest BCUT2D eigenvalue weighted by atomic mass is 10.3. The van der Waals surface area contributed by atoms with Gasteiger partial charge < -0.3 is 10.4 Å². The molecule has 0 aliphatic heterocycles. The molecular weight excluding hydrogens is 252 g/mol. The van der Waals surface area contributed by atoms with Gasteiger partial charge in [-0.1, -0.05) is 12.1 Å². The first-order chi connectivity index (χ1) is 8.54. The summed E-state index contributed by atoms with van der Waals surface area (Å²) in [5.41, 5.74) is 0.736. The van der Waals surface area contributed by atoms with Crippen LogP contribution in [0.3, 0.4) is 0 Å². The molecule has 0 saturated carbocycles. The van der Waals surface area contributed by atoms with Crippen LogP contribution in [0, 0.1) is 0 Å². The molecule has 0 bridgehead atoms. The molecule has 6 heteroatoms. The normalized spacial score (nSPS) is 11.9. The molecule has 0 unspecified atom stereocenters. The lowest BCUT2D eigenvalue weighted by molar-refractivity contribution is -0.139. The van der Waals surface area contributed by atoms with Gasteiger partial charge in [0, 0.05) is 4.90 Å². The van der Waals surface area contributed by atoms with Crippen LogP contribution in [0.25, 0.3) is 0 Å². The largest absolute Gasteiger partial charge is 0.480 e. The summed E-state index contributed by atoms with van der Waals surface area (Å²) in [6.07, 6.45) is 1.93. The Labute approximate surface area is 110 Å². The van der Waals surface area contributed by atoms with E-state index in [0.717, 1.165) is 10.6 Å². The summed E-state index contributed by atoms with van der Waals surface area (Å²) < 4.78 is 0. The zero-order valence-corrected chi connectivity index (χ0v) is 11.1. The molecule has 1 aromatic carbocycles. The third-order valence-electron chi connectivity index (χ3n) is 2.32. The van der Waals surface area contributed by atoms with Gasteiger partial charge in [-0.2, -0.15) is 0 Å². The van der Waals surface area contributed by atoms with Crippen molar-refractivity contribution in [3.05, 3.63) is 24.3 Å². The number of nitrogens with one attached hydrogen (secondary N) is 2. The maximum atomic E-state index is 11.6. The molecule has 1 amide bonds. The number of rotatable bonds is 6. The second kappa shape index (κ2) is 7.03. The van der Waals surface area contributed by atoms with Crippen molar-refractivity contribution in [2.45, 2.75) is 17.9 Å². The molecule has 0 aliphatic rings. The highest BCUT2D eigenvalue weighted by molar-refractivity contribution is 7.98. The monoisotopic (exact) mass is 268 g/mol. The molecule has 98 valence electrons. The Morgan fingerprint density at radius 3 is 2.67 bits per heavy atom. The number of carboxylic acid groups (broad SMARTS) is 1. The van der Waals surface area contributed by atoms with E-state index in [4.69, 9.17) is 5.11 Å². The fraction of sp³-hybridized carbons (Fsp3) is 0.333. The highest BCUT2D eigenvalue weighted by atomic mass is 32.2. The molecule has 1 atom stereocenters. The number of anilines is 1. The lowest BCUT2D eigenvalue weighted by Crippen LogP contribution is -2.39. The summed E-state index contributed by atoms with van der Waals surface area (Å²) in [7, 11) is 0. The SMILES string of the molecule is CSc1ccccc1NC(=O)CN[C@@H](C)C(=O)O. The van der Waals surface area contributed by atoms with E-state index in [9.17, 15) is 9.59 Å². The van der Waals surface area contributed by atoms with Crippen molar-refractivity contribution >= 4 is 29.3 Å². The number of carbonyl (C=O) groups excluding carboxylic acids is 1. The molecule has 1 rings (SSSR count).